The Morgan fingerprint density at radius 2 is 1.94 bits per heavy atom. The molecule has 32 heavy (non-hydrogen) atoms. The summed E-state index contributed by atoms with van der Waals surface area (Å²) >= 11 is 1.71. The molecule has 0 bridgehead atoms. The van der Waals surface area contributed by atoms with Crippen molar-refractivity contribution in [3.8, 4) is 11.4 Å². The molecule has 1 aliphatic heterocycles. The molecule has 0 spiro atoms. The van der Waals surface area contributed by atoms with Crippen LogP contribution in [0.5, 0.6) is 0 Å². The van der Waals surface area contributed by atoms with Crippen LogP contribution in [0.1, 0.15) is 34.1 Å². The van der Waals surface area contributed by atoms with Crippen molar-refractivity contribution in [1.82, 2.24) is 30.1 Å². The highest BCUT2D eigenvalue weighted by Gasteiger charge is 2.27. The summed E-state index contributed by atoms with van der Waals surface area (Å²) in [5.74, 6) is 0.0984. The highest BCUT2D eigenvalue weighted by atomic mass is 32.1. The average molecular weight is 448 g/mol. The lowest BCUT2D eigenvalue weighted by Gasteiger charge is -2.31. The first-order chi connectivity index (χ1) is 15.6. The zero-order chi connectivity index (χ0) is 22.1. The minimum Gasteiger partial charge on any atom is -0.366 e. The molecule has 1 atom stereocenters. The predicted molar refractivity (Wildman–Crippen MR) is 120 cm³/mol. The molecule has 10 heteroatoms. The van der Waals surface area contributed by atoms with E-state index < -0.39 is 5.91 Å². The van der Waals surface area contributed by atoms with Gasteiger partial charge in [-0.1, -0.05) is 24.3 Å². The Morgan fingerprint density at radius 1 is 1.12 bits per heavy atom. The molecule has 0 unspecified atom stereocenters. The Balaban J connectivity index is 1.25. The van der Waals surface area contributed by atoms with Crippen molar-refractivity contribution in [2.75, 3.05) is 13.1 Å². The zero-order valence-corrected chi connectivity index (χ0v) is 18.0. The number of primary amides is 1. The van der Waals surface area contributed by atoms with E-state index in [1.54, 1.807) is 35.6 Å². The minimum absolute atomic E-state index is 0.0267. The van der Waals surface area contributed by atoms with Crippen LogP contribution in [-0.4, -0.2) is 55.0 Å². The quantitative estimate of drug-likeness (QED) is 0.502. The molecule has 162 valence electrons. The number of carbonyl (C=O) groups excluding carboxylic acids is 2. The standard InChI is InChI=1S/C22H21N7O2S/c23-20(31)14-7-9-15(10-8-14)21-25-27-29(26-21)13-19(30)28-11-3-4-16(12-28)22-24-17-5-1-2-6-18(17)32-22/h1-2,5-10,16H,3-4,11-13H2,(H2,23,31)/t16-/m1/s1. The molecule has 1 saturated heterocycles. The van der Waals surface area contributed by atoms with E-state index in [0.29, 0.717) is 23.5 Å². The largest absolute Gasteiger partial charge is 0.366 e. The van der Waals surface area contributed by atoms with Gasteiger partial charge in [-0.05, 0) is 42.3 Å². The fourth-order valence-electron chi connectivity index (χ4n) is 3.90. The van der Waals surface area contributed by atoms with Gasteiger partial charge in [0.1, 0.15) is 6.54 Å². The molecule has 2 aromatic heterocycles. The summed E-state index contributed by atoms with van der Waals surface area (Å²) in [6, 6.07) is 14.8. The van der Waals surface area contributed by atoms with Crippen molar-refractivity contribution in [3.05, 3.63) is 59.1 Å². The molecule has 0 aliphatic carbocycles. The van der Waals surface area contributed by atoms with E-state index in [9.17, 15) is 9.59 Å². The smallest absolute Gasteiger partial charge is 0.248 e. The van der Waals surface area contributed by atoms with E-state index in [2.05, 4.69) is 21.5 Å². The van der Waals surface area contributed by atoms with E-state index >= 15 is 0 Å². The number of rotatable bonds is 5. The molecule has 2 aromatic carbocycles. The molecule has 2 amide bonds. The van der Waals surface area contributed by atoms with Crippen LogP contribution in [0.15, 0.2) is 48.5 Å². The van der Waals surface area contributed by atoms with Gasteiger partial charge in [0.05, 0.1) is 15.2 Å². The van der Waals surface area contributed by atoms with E-state index in [-0.39, 0.29) is 18.4 Å². The van der Waals surface area contributed by atoms with Gasteiger partial charge in [-0.15, -0.1) is 21.5 Å². The maximum absolute atomic E-state index is 12.9. The molecular weight excluding hydrogens is 426 g/mol. The fraction of sp³-hybridized carbons (Fsp3) is 0.273. The number of hydrogen-bond donors (Lipinski definition) is 1. The molecule has 3 heterocycles. The third-order valence-electron chi connectivity index (χ3n) is 5.59. The summed E-state index contributed by atoms with van der Waals surface area (Å²) in [4.78, 5) is 32.1. The maximum atomic E-state index is 12.9. The Morgan fingerprint density at radius 3 is 2.72 bits per heavy atom. The van der Waals surface area contributed by atoms with Crippen molar-refractivity contribution in [1.29, 1.82) is 0 Å². The number of fused-ring (bicyclic) bond motifs is 1. The number of benzene rings is 2. The number of nitrogens with zero attached hydrogens (tertiary/aromatic N) is 6. The normalized spacial score (nSPS) is 16.4. The van der Waals surface area contributed by atoms with Gasteiger partial charge in [-0.25, -0.2) is 4.98 Å². The van der Waals surface area contributed by atoms with Crippen LogP contribution in [0, 0.1) is 0 Å². The second-order valence-corrected chi connectivity index (χ2v) is 8.85. The highest BCUT2D eigenvalue weighted by molar-refractivity contribution is 7.18. The summed E-state index contributed by atoms with van der Waals surface area (Å²) in [6.45, 7) is 1.39. The average Bonchev–Trinajstić information content (AvgIpc) is 3.46. The molecule has 0 saturated carbocycles. The van der Waals surface area contributed by atoms with E-state index in [4.69, 9.17) is 10.7 Å². The Bertz CT molecular complexity index is 1250. The molecule has 5 rings (SSSR count). The van der Waals surface area contributed by atoms with E-state index in [1.807, 2.05) is 23.1 Å². The summed E-state index contributed by atoms with van der Waals surface area (Å²) < 4.78 is 1.18. The number of para-hydroxylation sites is 1. The highest BCUT2D eigenvalue weighted by Crippen LogP contribution is 2.33. The number of thiazole rings is 1. The first-order valence-electron chi connectivity index (χ1n) is 10.4. The number of nitrogens with two attached hydrogens (primary N) is 1. The summed E-state index contributed by atoms with van der Waals surface area (Å²) in [7, 11) is 0. The number of amides is 2. The van der Waals surface area contributed by atoms with Gasteiger partial charge in [-0.3, -0.25) is 9.59 Å². The van der Waals surface area contributed by atoms with Gasteiger partial charge < -0.3 is 10.6 Å². The Hall–Kier alpha value is -3.66. The number of piperidine rings is 1. The molecule has 9 nitrogen and oxygen atoms in total. The molecule has 0 radical (unpaired) electrons. The van der Waals surface area contributed by atoms with Gasteiger partial charge in [0.15, 0.2) is 0 Å². The van der Waals surface area contributed by atoms with Crippen molar-refractivity contribution >= 4 is 33.4 Å². The minimum atomic E-state index is -0.496. The number of aromatic nitrogens is 5. The SMILES string of the molecule is NC(=O)c1ccc(-c2nnn(CC(=O)N3CCC[C@@H](c4nc5ccccc5s4)C3)n2)cc1. The van der Waals surface area contributed by atoms with Crippen LogP contribution >= 0.6 is 11.3 Å². The Labute approximate surface area is 187 Å². The van der Waals surface area contributed by atoms with Crippen LogP contribution in [-0.2, 0) is 11.3 Å². The third kappa shape index (κ3) is 4.09. The van der Waals surface area contributed by atoms with Crippen LogP contribution < -0.4 is 5.73 Å². The number of tetrazole rings is 1. The van der Waals surface area contributed by atoms with Gasteiger partial charge in [0.25, 0.3) is 0 Å². The fourth-order valence-corrected chi connectivity index (χ4v) is 4.99. The summed E-state index contributed by atoms with van der Waals surface area (Å²) in [5, 5.41) is 13.5. The number of likely N-dealkylation sites (tertiary alicyclic amines) is 1. The van der Waals surface area contributed by atoms with Gasteiger partial charge in [0, 0.05) is 30.1 Å². The second kappa shape index (κ2) is 8.46. The maximum Gasteiger partial charge on any atom is 0.248 e. The summed E-state index contributed by atoms with van der Waals surface area (Å²) in [6.07, 6.45) is 1.96. The van der Waals surface area contributed by atoms with Crippen molar-refractivity contribution in [2.24, 2.45) is 5.73 Å². The van der Waals surface area contributed by atoms with Crippen molar-refractivity contribution in [2.45, 2.75) is 25.3 Å². The first kappa shape index (κ1) is 20.3. The van der Waals surface area contributed by atoms with E-state index in [0.717, 1.165) is 29.9 Å². The second-order valence-electron chi connectivity index (χ2n) is 7.78. The number of hydrogen-bond acceptors (Lipinski definition) is 7. The molecule has 1 aliphatic rings. The van der Waals surface area contributed by atoms with E-state index in [1.165, 1.54) is 9.50 Å². The van der Waals surface area contributed by atoms with Crippen LogP contribution in [0.3, 0.4) is 0 Å². The lowest BCUT2D eigenvalue weighted by molar-refractivity contribution is -0.133. The van der Waals surface area contributed by atoms with Crippen molar-refractivity contribution in [3.63, 3.8) is 0 Å². The first-order valence-corrected chi connectivity index (χ1v) is 11.2. The van der Waals surface area contributed by atoms with Crippen molar-refractivity contribution < 1.29 is 9.59 Å². The molecule has 4 aromatic rings. The summed E-state index contributed by atoms with van der Waals surface area (Å²) in [5.41, 5.74) is 7.38. The van der Waals surface area contributed by atoms with Gasteiger partial charge in [-0.2, -0.15) is 4.80 Å². The van der Waals surface area contributed by atoms with Crippen LogP contribution in [0.25, 0.3) is 21.6 Å². The van der Waals surface area contributed by atoms with Crippen LogP contribution in [0.2, 0.25) is 0 Å². The molecule has 2 N–H and O–H groups in total. The topological polar surface area (TPSA) is 120 Å². The van der Waals surface area contributed by atoms with Gasteiger partial charge >= 0.3 is 0 Å². The number of carbonyl (C=O) groups is 2. The molecule has 1 fully saturated rings. The van der Waals surface area contributed by atoms with Crippen LogP contribution in [0.4, 0.5) is 0 Å². The predicted octanol–water partition coefficient (Wildman–Crippen LogP) is 2.45. The van der Waals surface area contributed by atoms with Gasteiger partial charge in [0.2, 0.25) is 17.6 Å². The third-order valence-corrected chi connectivity index (χ3v) is 6.79. The Kier molecular flexibility index (Phi) is 5.36. The molecular formula is C22H21N7O2S. The lowest BCUT2D eigenvalue weighted by Crippen LogP contribution is -2.41. The monoisotopic (exact) mass is 447 g/mol. The lowest BCUT2D eigenvalue weighted by atomic mass is 9.98. The zero-order valence-electron chi connectivity index (χ0n) is 17.2.